The average Bonchev–Trinajstić information content (AvgIpc) is 3.17. The second kappa shape index (κ2) is 4.23. The van der Waals surface area contributed by atoms with E-state index in [1.165, 1.54) is 7.11 Å². The van der Waals surface area contributed by atoms with Crippen LogP contribution >= 0.6 is 0 Å². The molecule has 0 radical (unpaired) electrons. The van der Waals surface area contributed by atoms with Crippen LogP contribution in [0.15, 0.2) is 36.4 Å². The fourth-order valence-corrected chi connectivity index (χ4v) is 2.47. The predicted octanol–water partition coefficient (Wildman–Crippen LogP) is 2.29. The molecule has 0 saturated heterocycles. The summed E-state index contributed by atoms with van der Waals surface area (Å²) in [6.07, 6.45) is 1.65. The van der Waals surface area contributed by atoms with Gasteiger partial charge in [0, 0.05) is 7.05 Å². The lowest BCUT2D eigenvalue weighted by Crippen LogP contribution is -2.22. The van der Waals surface area contributed by atoms with Gasteiger partial charge in [-0.25, -0.2) is 0 Å². The Hall–Kier alpha value is -2.10. The predicted molar refractivity (Wildman–Crippen MR) is 71.6 cm³/mol. The Morgan fingerprint density at radius 2 is 2.00 bits per heavy atom. The molecule has 19 heavy (non-hydrogen) atoms. The molecule has 1 fully saturated rings. The van der Waals surface area contributed by atoms with E-state index in [1.807, 2.05) is 48.1 Å². The fourth-order valence-electron chi connectivity index (χ4n) is 2.47. The SMILES string of the molecule is COC(=O)C1(c2cc(-c3ccccc3)n(C)n2)CC1. The number of carbonyl (C=O) groups excluding carboxylic acids is 1. The van der Waals surface area contributed by atoms with Gasteiger partial charge < -0.3 is 4.74 Å². The number of ether oxygens (including phenoxy) is 1. The van der Waals surface area contributed by atoms with Gasteiger partial charge in [-0.05, 0) is 24.5 Å². The zero-order valence-electron chi connectivity index (χ0n) is 11.1. The van der Waals surface area contributed by atoms with Crippen LogP contribution in [-0.4, -0.2) is 22.9 Å². The van der Waals surface area contributed by atoms with E-state index in [2.05, 4.69) is 5.10 Å². The largest absolute Gasteiger partial charge is 0.468 e. The Balaban J connectivity index is 2.01. The number of aromatic nitrogens is 2. The fraction of sp³-hybridized carbons (Fsp3) is 0.333. The maximum atomic E-state index is 11.9. The van der Waals surface area contributed by atoms with Gasteiger partial charge in [-0.1, -0.05) is 30.3 Å². The number of hydrogen-bond donors (Lipinski definition) is 0. The lowest BCUT2D eigenvalue weighted by Gasteiger charge is -2.08. The molecule has 1 aliphatic carbocycles. The minimum absolute atomic E-state index is 0.176. The van der Waals surface area contributed by atoms with E-state index in [1.54, 1.807) is 0 Å². The first-order chi connectivity index (χ1) is 9.17. The Morgan fingerprint density at radius 3 is 2.58 bits per heavy atom. The van der Waals surface area contributed by atoms with Gasteiger partial charge in [0.05, 0.1) is 18.5 Å². The maximum Gasteiger partial charge on any atom is 0.317 e. The maximum absolute atomic E-state index is 11.9. The Morgan fingerprint density at radius 1 is 1.32 bits per heavy atom. The van der Waals surface area contributed by atoms with Crippen molar-refractivity contribution in [2.75, 3.05) is 7.11 Å². The highest BCUT2D eigenvalue weighted by Crippen LogP contribution is 2.49. The highest BCUT2D eigenvalue weighted by Gasteiger charge is 2.54. The summed E-state index contributed by atoms with van der Waals surface area (Å²) in [5.74, 6) is -0.176. The summed E-state index contributed by atoms with van der Waals surface area (Å²) in [4.78, 5) is 11.9. The van der Waals surface area contributed by atoms with E-state index < -0.39 is 5.41 Å². The number of benzene rings is 1. The Labute approximate surface area is 112 Å². The van der Waals surface area contributed by atoms with Gasteiger partial charge in [0.15, 0.2) is 0 Å². The van der Waals surface area contributed by atoms with Crippen molar-refractivity contribution < 1.29 is 9.53 Å². The topological polar surface area (TPSA) is 44.1 Å². The third-order valence-corrected chi connectivity index (χ3v) is 3.77. The lowest BCUT2D eigenvalue weighted by atomic mass is 10.0. The lowest BCUT2D eigenvalue weighted by molar-refractivity contribution is -0.143. The van der Waals surface area contributed by atoms with E-state index in [9.17, 15) is 4.79 Å². The molecule has 0 bridgehead atoms. The van der Waals surface area contributed by atoms with Crippen molar-refractivity contribution in [3.8, 4) is 11.3 Å². The minimum Gasteiger partial charge on any atom is -0.468 e. The van der Waals surface area contributed by atoms with E-state index >= 15 is 0 Å². The molecule has 98 valence electrons. The molecule has 4 heteroatoms. The van der Waals surface area contributed by atoms with Crippen LogP contribution in [0.4, 0.5) is 0 Å². The van der Waals surface area contributed by atoms with Crippen molar-refractivity contribution in [3.63, 3.8) is 0 Å². The van der Waals surface area contributed by atoms with E-state index in [0.717, 1.165) is 29.8 Å². The van der Waals surface area contributed by atoms with Gasteiger partial charge in [-0.15, -0.1) is 0 Å². The summed E-state index contributed by atoms with van der Waals surface area (Å²) in [5, 5.41) is 4.51. The second-order valence-electron chi connectivity index (χ2n) is 4.98. The molecule has 0 atom stereocenters. The Kier molecular flexibility index (Phi) is 2.66. The molecule has 0 N–H and O–H groups in total. The number of hydrogen-bond acceptors (Lipinski definition) is 3. The molecule has 4 nitrogen and oxygen atoms in total. The van der Waals surface area contributed by atoms with E-state index in [4.69, 9.17) is 4.74 Å². The normalized spacial score (nSPS) is 16.1. The first-order valence-electron chi connectivity index (χ1n) is 6.36. The van der Waals surface area contributed by atoms with Crippen LogP contribution in [0.25, 0.3) is 11.3 Å². The molecule has 1 heterocycles. The molecule has 3 rings (SSSR count). The summed E-state index contributed by atoms with van der Waals surface area (Å²) in [6.45, 7) is 0. The van der Waals surface area contributed by atoms with Crippen LogP contribution in [0, 0.1) is 0 Å². The number of esters is 1. The molecular weight excluding hydrogens is 240 g/mol. The van der Waals surface area contributed by atoms with Crippen molar-refractivity contribution in [1.82, 2.24) is 9.78 Å². The van der Waals surface area contributed by atoms with E-state index in [-0.39, 0.29) is 5.97 Å². The number of rotatable bonds is 3. The molecule has 0 spiro atoms. The number of carbonyl (C=O) groups is 1. The zero-order valence-corrected chi connectivity index (χ0v) is 11.1. The molecule has 0 unspecified atom stereocenters. The monoisotopic (exact) mass is 256 g/mol. The van der Waals surface area contributed by atoms with E-state index in [0.29, 0.717) is 0 Å². The molecule has 0 amide bonds. The average molecular weight is 256 g/mol. The number of nitrogens with zero attached hydrogens (tertiary/aromatic N) is 2. The summed E-state index contributed by atoms with van der Waals surface area (Å²) in [7, 11) is 3.34. The molecule has 1 saturated carbocycles. The highest BCUT2D eigenvalue weighted by atomic mass is 16.5. The van der Waals surface area contributed by atoms with Crippen LogP contribution in [0.5, 0.6) is 0 Å². The van der Waals surface area contributed by atoms with Crippen LogP contribution in [-0.2, 0) is 22.0 Å². The molecule has 0 aliphatic heterocycles. The minimum atomic E-state index is -0.500. The first-order valence-corrected chi connectivity index (χ1v) is 6.36. The van der Waals surface area contributed by atoms with Crippen molar-refractivity contribution >= 4 is 5.97 Å². The van der Waals surface area contributed by atoms with Crippen LogP contribution in [0.1, 0.15) is 18.5 Å². The summed E-state index contributed by atoms with van der Waals surface area (Å²) >= 11 is 0. The van der Waals surface area contributed by atoms with Crippen molar-refractivity contribution in [3.05, 3.63) is 42.1 Å². The molecule has 1 aromatic heterocycles. The van der Waals surface area contributed by atoms with Gasteiger partial charge in [0.2, 0.25) is 0 Å². The number of aryl methyl sites for hydroxylation is 1. The highest BCUT2D eigenvalue weighted by molar-refractivity contribution is 5.86. The smallest absolute Gasteiger partial charge is 0.317 e. The van der Waals surface area contributed by atoms with Crippen LogP contribution in [0.2, 0.25) is 0 Å². The third-order valence-electron chi connectivity index (χ3n) is 3.77. The second-order valence-corrected chi connectivity index (χ2v) is 4.98. The van der Waals surface area contributed by atoms with Crippen LogP contribution in [0.3, 0.4) is 0 Å². The molecular formula is C15H16N2O2. The summed E-state index contributed by atoms with van der Waals surface area (Å²) < 4.78 is 6.73. The quantitative estimate of drug-likeness (QED) is 0.791. The third kappa shape index (κ3) is 1.84. The zero-order chi connectivity index (χ0) is 13.5. The molecule has 1 aliphatic rings. The van der Waals surface area contributed by atoms with Crippen molar-refractivity contribution in [1.29, 1.82) is 0 Å². The molecule has 2 aromatic rings. The van der Waals surface area contributed by atoms with Crippen LogP contribution < -0.4 is 0 Å². The van der Waals surface area contributed by atoms with Crippen molar-refractivity contribution in [2.24, 2.45) is 7.05 Å². The first kappa shape index (κ1) is 12.0. The van der Waals surface area contributed by atoms with Gasteiger partial charge in [-0.3, -0.25) is 9.48 Å². The van der Waals surface area contributed by atoms with Gasteiger partial charge in [-0.2, -0.15) is 5.10 Å². The standard InChI is InChI=1S/C15H16N2O2/c1-17-12(11-6-4-3-5-7-11)10-13(16-17)15(8-9-15)14(18)19-2/h3-7,10H,8-9H2,1-2H3. The summed E-state index contributed by atoms with van der Waals surface area (Å²) in [5.41, 5.74) is 2.44. The number of methoxy groups -OCH3 is 1. The van der Waals surface area contributed by atoms with Gasteiger partial charge >= 0.3 is 5.97 Å². The van der Waals surface area contributed by atoms with Crippen molar-refractivity contribution in [2.45, 2.75) is 18.3 Å². The Bertz CT molecular complexity index is 612. The summed E-state index contributed by atoms with van der Waals surface area (Å²) in [6, 6.07) is 12.1. The molecule has 1 aromatic carbocycles. The van der Waals surface area contributed by atoms with Gasteiger partial charge in [0.25, 0.3) is 0 Å². The van der Waals surface area contributed by atoms with Gasteiger partial charge in [0.1, 0.15) is 5.41 Å².